The van der Waals surface area contributed by atoms with Crippen LogP contribution in [0.5, 0.6) is 0 Å². The average Bonchev–Trinajstić information content (AvgIpc) is 2.59. The summed E-state index contributed by atoms with van der Waals surface area (Å²) >= 11 is 0. The molecule has 2 nitrogen and oxygen atoms in total. The lowest BCUT2D eigenvalue weighted by atomic mass is 10.1. The molecular weight excluding hydrogens is 294 g/mol. The van der Waals surface area contributed by atoms with Gasteiger partial charge in [0.1, 0.15) is 0 Å². The van der Waals surface area contributed by atoms with E-state index in [1.54, 1.807) is 6.08 Å². The Labute approximate surface area is 148 Å². The molecule has 1 rings (SSSR count). The number of hydrogen-bond donors (Lipinski definition) is 1. The smallest absolute Gasteiger partial charge is 0.243 e. The maximum absolute atomic E-state index is 11.7. The fraction of sp³-hybridized carbons (Fsp3) is 0.591. The third-order valence-corrected chi connectivity index (χ3v) is 4.33. The summed E-state index contributed by atoms with van der Waals surface area (Å²) in [5, 5.41) is 2.96. The Balaban J connectivity index is 1.95. The van der Waals surface area contributed by atoms with Crippen molar-refractivity contribution in [2.24, 2.45) is 0 Å². The Kier molecular flexibility index (Phi) is 11.8. The van der Waals surface area contributed by atoms with Gasteiger partial charge in [-0.25, -0.2) is 0 Å². The Morgan fingerprint density at radius 3 is 2.00 bits per heavy atom. The van der Waals surface area contributed by atoms with Gasteiger partial charge in [-0.2, -0.15) is 0 Å². The van der Waals surface area contributed by atoms with E-state index < -0.39 is 0 Å². The zero-order chi connectivity index (χ0) is 17.5. The molecule has 0 heterocycles. The standard InChI is InChI=1S/C22H35NO/c1-3-4-5-6-7-8-9-10-11-12-19-23-22(24)18-17-21-15-13-20(2)14-16-21/h13-18H,3-12,19H2,1-2H3,(H,23,24)/b18-17+. The van der Waals surface area contributed by atoms with Crippen LogP contribution < -0.4 is 5.32 Å². The number of rotatable bonds is 13. The van der Waals surface area contributed by atoms with Crippen molar-refractivity contribution in [3.8, 4) is 0 Å². The van der Waals surface area contributed by atoms with Gasteiger partial charge in [0.2, 0.25) is 5.91 Å². The van der Waals surface area contributed by atoms with Crippen molar-refractivity contribution in [2.45, 2.75) is 78.1 Å². The highest BCUT2D eigenvalue weighted by Gasteiger charge is 1.96. The lowest BCUT2D eigenvalue weighted by Crippen LogP contribution is -2.21. The summed E-state index contributed by atoms with van der Waals surface area (Å²) in [4.78, 5) is 11.7. The van der Waals surface area contributed by atoms with Crippen LogP contribution in [0.15, 0.2) is 30.3 Å². The Bertz CT molecular complexity index is 461. The van der Waals surface area contributed by atoms with Crippen molar-refractivity contribution in [3.05, 3.63) is 41.5 Å². The van der Waals surface area contributed by atoms with Crippen LogP contribution in [0.4, 0.5) is 0 Å². The van der Waals surface area contributed by atoms with E-state index in [9.17, 15) is 4.79 Å². The molecule has 1 N–H and O–H groups in total. The minimum atomic E-state index is 0.00602. The third kappa shape index (κ3) is 11.0. The molecule has 0 atom stereocenters. The van der Waals surface area contributed by atoms with E-state index in [1.165, 1.54) is 63.4 Å². The van der Waals surface area contributed by atoms with E-state index in [-0.39, 0.29) is 5.91 Å². The van der Waals surface area contributed by atoms with Crippen molar-refractivity contribution in [2.75, 3.05) is 6.54 Å². The van der Waals surface area contributed by atoms with Crippen molar-refractivity contribution in [1.82, 2.24) is 5.32 Å². The Morgan fingerprint density at radius 1 is 0.875 bits per heavy atom. The first-order valence-corrected chi connectivity index (χ1v) is 9.75. The molecule has 2 heteroatoms. The Morgan fingerprint density at radius 2 is 1.42 bits per heavy atom. The number of unbranched alkanes of at least 4 members (excludes halogenated alkanes) is 9. The highest BCUT2D eigenvalue weighted by atomic mass is 16.1. The monoisotopic (exact) mass is 329 g/mol. The van der Waals surface area contributed by atoms with Gasteiger partial charge in [0.25, 0.3) is 0 Å². The van der Waals surface area contributed by atoms with E-state index in [2.05, 4.69) is 31.3 Å². The SMILES string of the molecule is CCCCCCCCCCCCNC(=O)/C=C/c1ccc(C)cc1. The predicted octanol–water partition coefficient (Wildman–Crippen LogP) is 6.05. The van der Waals surface area contributed by atoms with Gasteiger partial charge in [0, 0.05) is 12.6 Å². The first-order valence-electron chi connectivity index (χ1n) is 9.75. The maximum atomic E-state index is 11.7. The van der Waals surface area contributed by atoms with E-state index in [0.717, 1.165) is 18.5 Å². The first-order chi connectivity index (χ1) is 11.7. The number of carbonyl (C=O) groups excluding carboxylic acids is 1. The van der Waals surface area contributed by atoms with Crippen LogP contribution in [-0.4, -0.2) is 12.5 Å². The third-order valence-electron chi connectivity index (χ3n) is 4.33. The highest BCUT2D eigenvalue weighted by molar-refractivity contribution is 5.91. The molecule has 0 aliphatic carbocycles. The second kappa shape index (κ2) is 13.8. The van der Waals surface area contributed by atoms with Crippen LogP contribution in [0.3, 0.4) is 0 Å². The summed E-state index contributed by atoms with van der Waals surface area (Å²) in [6.45, 7) is 5.11. The summed E-state index contributed by atoms with van der Waals surface area (Å²) in [6, 6.07) is 8.17. The van der Waals surface area contributed by atoms with Crippen LogP contribution in [-0.2, 0) is 4.79 Å². The zero-order valence-electron chi connectivity index (χ0n) is 15.7. The van der Waals surface area contributed by atoms with Crippen LogP contribution in [0.25, 0.3) is 6.08 Å². The minimum Gasteiger partial charge on any atom is -0.353 e. The predicted molar refractivity (Wildman–Crippen MR) is 105 cm³/mol. The molecular formula is C22H35NO. The van der Waals surface area contributed by atoms with E-state index >= 15 is 0 Å². The lowest BCUT2D eigenvalue weighted by molar-refractivity contribution is -0.116. The summed E-state index contributed by atoms with van der Waals surface area (Å²) in [7, 11) is 0. The van der Waals surface area contributed by atoms with Crippen molar-refractivity contribution >= 4 is 12.0 Å². The van der Waals surface area contributed by atoms with Crippen LogP contribution >= 0.6 is 0 Å². The second-order valence-electron chi connectivity index (χ2n) is 6.72. The van der Waals surface area contributed by atoms with Gasteiger partial charge < -0.3 is 5.32 Å². The molecule has 0 spiro atoms. The highest BCUT2D eigenvalue weighted by Crippen LogP contribution is 2.10. The zero-order valence-corrected chi connectivity index (χ0v) is 15.7. The molecule has 1 aromatic rings. The van der Waals surface area contributed by atoms with Gasteiger partial charge in [-0.1, -0.05) is 94.5 Å². The minimum absolute atomic E-state index is 0.00602. The quantitative estimate of drug-likeness (QED) is 0.346. The van der Waals surface area contributed by atoms with Crippen molar-refractivity contribution < 1.29 is 4.79 Å². The fourth-order valence-corrected chi connectivity index (χ4v) is 2.73. The number of carbonyl (C=O) groups is 1. The molecule has 0 aliphatic heterocycles. The summed E-state index contributed by atoms with van der Waals surface area (Å²) in [5.41, 5.74) is 2.30. The summed E-state index contributed by atoms with van der Waals surface area (Å²) in [6.07, 6.45) is 16.7. The molecule has 0 saturated carbocycles. The van der Waals surface area contributed by atoms with Crippen molar-refractivity contribution in [3.63, 3.8) is 0 Å². The van der Waals surface area contributed by atoms with Crippen LogP contribution in [0, 0.1) is 6.92 Å². The average molecular weight is 330 g/mol. The van der Waals surface area contributed by atoms with Gasteiger partial charge >= 0.3 is 0 Å². The van der Waals surface area contributed by atoms with E-state index in [4.69, 9.17) is 0 Å². The number of amides is 1. The van der Waals surface area contributed by atoms with E-state index in [1.807, 2.05) is 18.2 Å². The molecule has 1 aromatic carbocycles. The number of benzene rings is 1. The molecule has 0 saturated heterocycles. The molecule has 0 radical (unpaired) electrons. The second-order valence-corrected chi connectivity index (χ2v) is 6.72. The molecule has 0 aromatic heterocycles. The molecule has 0 bridgehead atoms. The Hall–Kier alpha value is -1.57. The first kappa shape index (κ1) is 20.5. The maximum Gasteiger partial charge on any atom is 0.243 e. The van der Waals surface area contributed by atoms with Crippen LogP contribution in [0.2, 0.25) is 0 Å². The van der Waals surface area contributed by atoms with Crippen LogP contribution in [0.1, 0.15) is 82.3 Å². The van der Waals surface area contributed by atoms with Gasteiger partial charge in [-0.05, 0) is 25.0 Å². The van der Waals surface area contributed by atoms with E-state index in [0.29, 0.717) is 0 Å². The van der Waals surface area contributed by atoms with Gasteiger partial charge in [-0.3, -0.25) is 4.79 Å². The number of aryl methyl sites for hydroxylation is 1. The van der Waals surface area contributed by atoms with Gasteiger partial charge in [0.15, 0.2) is 0 Å². The normalized spacial score (nSPS) is 11.1. The summed E-state index contributed by atoms with van der Waals surface area (Å²) in [5.74, 6) is 0.00602. The van der Waals surface area contributed by atoms with Gasteiger partial charge in [-0.15, -0.1) is 0 Å². The molecule has 134 valence electrons. The molecule has 0 aliphatic rings. The molecule has 1 amide bonds. The molecule has 0 fully saturated rings. The number of nitrogens with one attached hydrogen (secondary N) is 1. The largest absolute Gasteiger partial charge is 0.353 e. The lowest BCUT2D eigenvalue weighted by Gasteiger charge is -2.03. The molecule has 0 unspecified atom stereocenters. The topological polar surface area (TPSA) is 29.1 Å². The fourth-order valence-electron chi connectivity index (χ4n) is 2.73. The summed E-state index contributed by atoms with van der Waals surface area (Å²) < 4.78 is 0. The van der Waals surface area contributed by atoms with Gasteiger partial charge in [0.05, 0.1) is 0 Å². The molecule has 24 heavy (non-hydrogen) atoms. The number of hydrogen-bond acceptors (Lipinski definition) is 1. The van der Waals surface area contributed by atoms with Crippen molar-refractivity contribution in [1.29, 1.82) is 0 Å².